The van der Waals surface area contributed by atoms with E-state index in [2.05, 4.69) is 59.9 Å². The average molecular weight is 395 g/mol. The number of benzene rings is 2. The zero-order valence-corrected chi connectivity index (χ0v) is 17.4. The maximum Gasteiger partial charge on any atom is 0.222 e. The van der Waals surface area contributed by atoms with Crippen molar-refractivity contribution in [2.45, 2.75) is 51.5 Å². The Morgan fingerprint density at radius 2 is 1.72 bits per heavy atom. The summed E-state index contributed by atoms with van der Waals surface area (Å²) in [6, 6.07) is 19.0. The first-order valence-electron chi connectivity index (χ1n) is 11.1. The molecule has 4 heteroatoms. The second kappa shape index (κ2) is 12.3. The summed E-state index contributed by atoms with van der Waals surface area (Å²) >= 11 is 0. The second-order valence-corrected chi connectivity index (χ2v) is 7.80. The molecule has 4 nitrogen and oxygen atoms in total. The van der Waals surface area contributed by atoms with Gasteiger partial charge in [-0.25, -0.2) is 0 Å². The van der Waals surface area contributed by atoms with Crippen molar-refractivity contribution in [1.82, 2.24) is 10.2 Å². The Morgan fingerprint density at radius 1 is 0.897 bits per heavy atom. The van der Waals surface area contributed by atoms with E-state index >= 15 is 0 Å². The fourth-order valence-electron chi connectivity index (χ4n) is 3.71. The van der Waals surface area contributed by atoms with Gasteiger partial charge in [-0.3, -0.25) is 4.79 Å². The van der Waals surface area contributed by atoms with Crippen molar-refractivity contribution in [1.29, 1.82) is 0 Å². The van der Waals surface area contributed by atoms with E-state index in [1.165, 1.54) is 24.0 Å². The second-order valence-electron chi connectivity index (χ2n) is 7.80. The minimum absolute atomic E-state index is 0.316. The summed E-state index contributed by atoms with van der Waals surface area (Å²) < 4.78 is 5.87. The number of ether oxygens (including phenoxy) is 1. The molecule has 0 unspecified atom stereocenters. The van der Waals surface area contributed by atoms with Crippen LogP contribution in [-0.4, -0.2) is 37.0 Å². The highest BCUT2D eigenvalue weighted by Gasteiger charge is 2.18. The lowest BCUT2D eigenvalue weighted by Gasteiger charge is -2.15. The molecule has 0 atom stereocenters. The molecule has 3 rings (SSSR count). The van der Waals surface area contributed by atoms with Crippen LogP contribution in [0.3, 0.4) is 0 Å². The van der Waals surface area contributed by atoms with E-state index in [0.717, 1.165) is 70.6 Å². The number of hydrogen-bond acceptors (Lipinski definition) is 3. The molecule has 1 fully saturated rings. The minimum atomic E-state index is 0.316. The number of nitrogens with zero attached hydrogens (tertiary/aromatic N) is 1. The maximum absolute atomic E-state index is 11.6. The first-order chi connectivity index (χ1) is 14.3. The Hall–Kier alpha value is -2.33. The summed E-state index contributed by atoms with van der Waals surface area (Å²) in [4.78, 5) is 13.6. The molecule has 0 spiro atoms. The molecule has 1 aliphatic rings. The topological polar surface area (TPSA) is 41.6 Å². The third-order valence-corrected chi connectivity index (χ3v) is 5.43. The first kappa shape index (κ1) is 21.4. The van der Waals surface area contributed by atoms with Gasteiger partial charge in [0.05, 0.1) is 6.61 Å². The van der Waals surface area contributed by atoms with Gasteiger partial charge in [-0.15, -0.1) is 0 Å². The number of carbonyl (C=O) groups excluding carboxylic acids is 1. The molecule has 0 aromatic heterocycles. The molecule has 2 aromatic rings. The SMILES string of the molecule is O=C1CCCN1CCCNCc1ccc(OCCCCCc2ccccc2)cc1. The Labute approximate surface area is 175 Å². The molecule has 1 heterocycles. The van der Waals surface area contributed by atoms with Crippen molar-refractivity contribution in [2.24, 2.45) is 0 Å². The van der Waals surface area contributed by atoms with Crippen LogP contribution in [0.25, 0.3) is 0 Å². The fourth-order valence-corrected chi connectivity index (χ4v) is 3.71. The molecule has 1 amide bonds. The van der Waals surface area contributed by atoms with E-state index in [1.807, 2.05) is 4.90 Å². The highest BCUT2D eigenvalue weighted by atomic mass is 16.5. The van der Waals surface area contributed by atoms with Gasteiger partial charge < -0.3 is 15.0 Å². The first-order valence-corrected chi connectivity index (χ1v) is 11.1. The van der Waals surface area contributed by atoms with Crippen molar-refractivity contribution < 1.29 is 9.53 Å². The number of nitrogens with one attached hydrogen (secondary N) is 1. The van der Waals surface area contributed by atoms with E-state index < -0.39 is 0 Å². The fraction of sp³-hybridized carbons (Fsp3) is 0.480. The predicted molar refractivity (Wildman–Crippen MR) is 118 cm³/mol. The molecule has 2 aromatic carbocycles. The van der Waals surface area contributed by atoms with E-state index in [4.69, 9.17) is 4.74 Å². The lowest BCUT2D eigenvalue weighted by Crippen LogP contribution is -2.28. The summed E-state index contributed by atoms with van der Waals surface area (Å²) in [5.41, 5.74) is 2.68. The minimum Gasteiger partial charge on any atom is -0.494 e. The maximum atomic E-state index is 11.6. The van der Waals surface area contributed by atoms with Crippen LogP contribution in [0.15, 0.2) is 54.6 Å². The van der Waals surface area contributed by atoms with E-state index in [0.29, 0.717) is 5.91 Å². The van der Waals surface area contributed by atoms with Crippen LogP contribution in [0.4, 0.5) is 0 Å². The Balaban J connectivity index is 1.21. The highest BCUT2D eigenvalue weighted by molar-refractivity contribution is 5.77. The van der Waals surface area contributed by atoms with Gasteiger partial charge in [0.2, 0.25) is 5.91 Å². The molecule has 0 saturated carbocycles. The van der Waals surface area contributed by atoms with Crippen LogP contribution in [0.5, 0.6) is 5.75 Å². The molecule has 0 radical (unpaired) electrons. The van der Waals surface area contributed by atoms with Gasteiger partial charge in [-0.05, 0) is 68.3 Å². The van der Waals surface area contributed by atoms with Gasteiger partial charge in [0.1, 0.15) is 5.75 Å². The molecule has 29 heavy (non-hydrogen) atoms. The van der Waals surface area contributed by atoms with Crippen molar-refractivity contribution in [3.05, 3.63) is 65.7 Å². The zero-order valence-electron chi connectivity index (χ0n) is 17.4. The smallest absolute Gasteiger partial charge is 0.222 e. The Kier molecular flexibility index (Phi) is 9.05. The molecule has 156 valence electrons. The average Bonchev–Trinajstić information content (AvgIpc) is 3.17. The number of likely N-dealkylation sites (tertiary alicyclic amines) is 1. The summed E-state index contributed by atoms with van der Waals surface area (Å²) in [6.45, 7) is 4.39. The lowest BCUT2D eigenvalue weighted by molar-refractivity contribution is -0.127. The van der Waals surface area contributed by atoms with Gasteiger partial charge >= 0.3 is 0 Å². The van der Waals surface area contributed by atoms with Crippen LogP contribution in [0.1, 0.15) is 49.7 Å². The largest absolute Gasteiger partial charge is 0.494 e. The van der Waals surface area contributed by atoms with Gasteiger partial charge in [-0.1, -0.05) is 42.5 Å². The summed E-state index contributed by atoms with van der Waals surface area (Å²) in [5.74, 6) is 1.26. The predicted octanol–water partition coefficient (Wildman–Crippen LogP) is 4.58. The van der Waals surface area contributed by atoms with Gasteiger partial charge in [0, 0.05) is 26.1 Å². The summed E-state index contributed by atoms with van der Waals surface area (Å²) in [5, 5.41) is 3.46. The molecule has 1 N–H and O–H groups in total. The van der Waals surface area contributed by atoms with Crippen molar-refractivity contribution >= 4 is 5.91 Å². The molecule has 1 saturated heterocycles. The van der Waals surface area contributed by atoms with Gasteiger partial charge in [-0.2, -0.15) is 0 Å². The standard InChI is InChI=1S/C25H34N2O2/c28-25-12-7-18-27(25)19-8-17-26-21-23-13-15-24(16-14-23)29-20-6-2-5-11-22-9-3-1-4-10-22/h1,3-4,9-10,13-16,26H,2,5-8,11-12,17-21H2. The highest BCUT2D eigenvalue weighted by Crippen LogP contribution is 2.14. The van der Waals surface area contributed by atoms with Crippen LogP contribution in [0.2, 0.25) is 0 Å². The molecule has 1 aliphatic heterocycles. The van der Waals surface area contributed by atoms with Crippen LogP contribution >= 0.6 is 0 Å². The summed E-state index contributed by atoms with van der Waals surface area (Å²) in [6.07, 6.45) is 7.41. The number of aryl methyl sites for hydroxylation is 1. The normalized spacial score (nSPS) is 13.8. The van der Waals surface area contributed by atoms with Crippen molar-refractivity contribution in [3.63, 3.8) is 0 Å². The third-order valence-electron chi connectivity index (χ3n) is 5.43. The molecular weight excluding hydrogens is 360 g/mol. The molecule has 0 aliphatic carbocycles. The third kappa shape index (κ3) is 7.90. The van der Waals surface area contributed by atoms with Gasteiger partial charge in [0.15, 0.2) is 0 Å². The number of amides is 1. The van der Waals surface area contributed by atoms with E-state index in [9.17, 15) is 4.79 Å². The van der Waals surface area contributed by atoms with Crippen molar-refractivity contribution in [2.75, 3.05) is 26.2 Å². The molecule has 0 bridgehead atoms. The summed E-state index contributed by atoms with van der Waals surface area (Å²) in [7, 11) is 0. The van der Waals surface area contributed by atoms with Crippen LogP contribution in [0, 0.1) is 0 Å². The monoisotopic (exact) mass is 394 g/mol. The molecular formula is C25H34N2O2. The number of unbranched alkanes of at least 4 members (excludes halogenated alkanes) is 2. The Bertz CT molecular complexity index is 715. The number of carbonyl (C=O) groups is 1. The Morgan fingerprint density at radius 3 is 2.48 bits per heavy atom. The number of rotatable bonds is 13. The van der Waals surface area contributed by atoms with E-state index in [1.54, 1.807) is 0 Å². The lowest BCUT2D eigenvalue weighted by atomic mass is 10.1. The van der Waals surface area contributed by atoms with E-state index in [-0.39, 0.29) is 0 Å². The quantitative estimate of drug-likeness (QED) is 0.506. The van der Waals surface area contributed by atoms with Gasteiger partial charge in [0.25, 0.3) is 0 Å². The number of hydrogen-bond donors (Lipinski definition) is 1. The van der Waals surface area contributed by atoms with Crippen molar-refractivity contribution in [3.8, 4) is 5.75 Å². The van der Waals surface area contributed by atoms with Crippen LogP contribution < -0.4 is 10.1 Å². The zero-order chi connectivity index (χ0) is 20.2. The van der Waals surface area contributed by atoms with Crippen LogP contribution in [-0.2, 0) is 17.8 Å².